The SMILES string of the molecule is O=C(CN1CCCC1Cc1ccccc1Cl)Nc1ccccc1C(F)(F)F. The highest BCUT2D eigenvalue weighted by Crippen LogP contribution is 2.34. The third kappa shape index (κ3) is 5.02. The van der Waals surface area contributed by atoms with Crippen molar-refractivity contribution >= 4 is 23.2 Å². The number of nitrogens with zero attached hydrogens (tertiary/aromatic N) is 1. The zero-order chi connectivity index (χ0) is 19.4. The predicted molar refractivity (Wildman–Crippen MR) is 99.8 cm³/mol. The first-order chi connectivity index (χ1) is 12.8. The van der Waals surface area contributed by atoms with Crippen LogP contribution in [0.1, 0.15) is 24.0 Å². The van der Waals surface area contributed by atoms with Gasteiger partial charge in [-0.3, -0.25) is 9.69 Å². The molecule has 0 saturated carbocycles. The summed E-state index contributed by atoms with van der Waals surface area (Å²) in [5, 5.41) is 3.10. The maximum absolute atomic E-state index is 13.1. The average molecular weight is 397 g/mol. The van der Waals surface area contributed by atoms with Gasteiger partial charge in [0.1, 0.15) is 0 Å². The lowest BCUT2D eigenvalue weighted by molar-refractivity contribution is -0.137. The number of hydrogen-bond acceptors (Lipinski definition) is 2. The number of amides is 1. The van der Waals surface area contributed by atoms with Crippen molar-refractivity contribution in [2.45, 2.75) is 31.5 Å². The fraction of sp³-hybridized carbons (Fsp3) is 0.350. The first-order valence-corrected chi connectivity index (χ1v) is 9.16. The quantitative estimate of drug-likeness (QED) is 0.771. The van der Waals surface area contributed by atoms with Crippen molar-refractivity contribution < 1.29 is 18.0 Å². The van der Waals surface area contributed by atoms with Gasteiger partial charge in [0.05, 0.1) is 17.8 Å². The predicted octanol–water partition coefficient (Wildman–Crippen LogP) is 5.00. The van der Waals surface area contributed by atoms with Crippen LogP contribution in [-0.2, 0) is 17.4 Å². The summed E-state index contributed by atoms with van der Waals surface area (Å²) in [7, 11) is 0. The van der Waals surface area contributed by atoms with E-state index in [1.807, 2.05) is 29.2 Å². The van der Waals surface area contributed by atoms with E-state index in [0.29, 0.717) is 11.4 Å². The molecule has 0 spiro atoms. The Bertz CT molecular complexity index is 810. The zero-order valence-electron chi connectivity index (χ0n) is 14.6. The van der Waals surface area contributed by atoms with E-state index in [1.54, 1.807) is 0 Å². The van der Waals surface area contributed by atoms with Gasteiger partial charge in [0.25, 0.3) is 0 Å². The zero-order valence-corrected chi connectivity index (χ0v) is 15.4. The number of carbonyl (C=O) groups is 1. The normalized spacial score (nSPS) is 17.9. The van der Waals surface area contributed by atoms with Crippen LogP contribution in [-0.4, -0.2) is 29.9 Å². The number of rotatable bonds is 5. The highest BCUT2D eigenvalue weighted by molar-refractivity contribution is 6.31. The minimum atomic E-state index is -4.51. The molecule has 3 rings (SSSR count). The Morgan fingerprint density at radius 3 is 2.59 bits per heavy atom. The molecule has 1 aliphatic heterocycles. The molecule has 0 radical (unpaired) electrons. The molecule has 0 aromatic heterocycles. The van der Waals surface area contributed by atoms with E-state index >= 15 is 0 Å². The molecule has 1 unspecified atom stereocenters. The van der Waals surface area contributed by atoms with E-state index in [-0.39, 0.29) is 18.3 Å². The molecule has 1 fully saturated rings. The molecule has 27 heavy (non-hydrogen) atoms. The molecule has 2 aromatic rings. The Balaban J connectivity index is 1.65. The van der Waals surface area contributed by atoms with E-state index in [1.165, 1.54) is 18.2 Å². The van der Waals surface area contributed by atoms with Crippen molar-refractivity contribution in [1.29, 1.82) is 0 Å². The van der Waals surface area contributed by atoms with Crippen molar-refractivity contribution in [3.05, 3.63) is 64.7 Å². The van der Waals surface area contributed by atoms with E-state index in [4.69, 9.17) is 11.6 Å². The topological polar surface area (TPSA) is 32.3 Å². The molecule has 3 nitrogen and oxygen atoms in total. The van der Waals surface area contributed by atoms with Crippen LogP contribution in [0.15, 0.2) is 48.5 Å². The van der Waals surface area contributed by atoms with Crippen molar-refractivity contribution in [1.82, 2.24) is 4.90 Å². The summed E-state index contributed by atoms with van der Waals surface area (Å²) in [6, 6.07) is 12.7. The highest BCUT2D eigenvalue weighted by Gasteiger charge is 2.34. The van der Waals surface area contributed by atoms with Crippen LogP contribution in [0, 0.1) is 0 Å². The van der Waals surface area contributed by atoms with Crippen molar-refractivity contribution in [3.8, 4) is 0 Å². The minimum Gasteiger partial charge on any atom is -0.324 e. The molecule has 1 heterocycles. The number of halogens is 4. The van der Waals surface area contributed by atoms with Crippen LogP contribution < -0.4 is 5.32 Å². The van der Waals surface area contributed by atoms with Crippen molar-refractivity contribution in [2.75, 3.05) is 18.4 Å². The monoisotopic (exact) mass is 396 g/mol. The van der Waals surface area contributed by atoms with Crippen LogP contribution >= 0.6 is 11.6 Å². The minimum absolute atomic E-state index is 0.0569. The number of anilines is 1. The average Bonchev–Trinajstić information content (AvgIpc) is 3.03. The summed E-state index contributed by atoms with van der Waals surface area (Å²) in [5.74, 6) is -0.447. The molecule has 7 heteroatoms. The van der Waals surface area contributed by atoms with Crippen molar-refractivity contribution in [3.63, 3.8) is 0 Å². The second-order valence-corrected chi connectivity index (χ2v) is 7.06. The van der Waals surface area contributed by atoms with Gasteiger partial charge >= 0.3 is 6.18 Å². The Hall–Kier alpha value is -2.05. The molecular formula is C20H20ClF3N2O. The van der Waals surface area contributed by atoms with Crippen LogP contribution in [0.3, 0.4) is 0 Å². The summed E-state index contributed by atoms with van der Waals surface area (Å²) < 4.78 is 39.2. The first-order valence-electron chi connectivity index (χ1n) is 8.78. The number of benzene rings is 2. The highest BCUT2D eigenvalue weighted by atomic mass is 35.5. The lowest BCUT2D eigenvalue weighted by Crippen LogP contribution is -2.38. The summed E-state index contributed by atoms with van der Waals surface area (Å²) in [4.78, 5) is 14.4. The molecule has 0 bridgehead atoms. The maximum atomic E-state index is 13.1. The van der Waals surface area contributed by atoms with E-state index in [9.17, 15) is 18.0 Å². The Kier molecular flexibility index (Phi) is 6.07. The summed E-state index contributed by atoms with van der Waals surface area (Å²) in [6.07, 6.45) is -1.92. The van der Waals surface area contributed by atoms with Gasteiger partial charge in [0, 0.05) is 11.1 Å². The Labute approximate surface area is 161 Å². The molecule has 1 amide bonds. The fourth-order valence-corrected chi connectivity index (χ4v) is 3.68. The van der Waals surface area contributed by atoms with Gasteiger partial charge in [0.15, 0.2) is 0 Å². The molecular weight excluding hydrogens is 377 g/mol. The molecule has 2 aromatic carbocycles. The van der Waals surface area contributed by atoms with Gasteiger partial charge in [0.2, 0.25) is 5.91 Å². The van der Waals surface area contributed by atoms with Crippen LogP contribution in [0.4, 0.5) is 18.9 Å². The van der Waals surface area contributed by atoms with E-state index < -0.39 is 17.6 Å². The van der Waals surface area contributed by atoms with Crippen molar-refractivity contribution in [2.24, 2.45) is 0 Å². The van der Waals surface area contributed by atoms with Gasteiger partial charge in [-0.1, -0.05) is 41.9 Å². The third-order valence-corrected chi connectivity index (χ3v) is 5.13. The Morgan fingerprint density at radius 1 is 1.15 bits per heavy atom. The number of hydrogen-bond donors (Lipinski definition) is 1. The molecule has 1 aliphatic rings. The lowest BCUT2D eigenvalue weighted by Gasteiger charge is -2.24. The number of para-hydroxylation sites is 1. The standard InChI is InChI=1S/C20H20ClF3N2O/c21-17-9-3-1-6-14(17)12-15-7-5-11-26(15)13-19(27)25-18-10-4-2-8-16(18)20(22,23)24/h1-4,6,8-10,15H,5,7,11-13H2,(H,25,27). The molecule has 144 valence electrons. The van der Waals surface area contributed by atoms with Gasteiger partial charge in [-0.2, -0.15) is 13.2 Å². The van der Waals surface area contributed by atoms with Crippen LogP contribution in [0.25, 0.3) is 0 Å². The molecule has 0 aliphatic carbocycles. The largest absolute Gasteiger partial charge is 0.418 e. The number of alkyl halides is 3. The molecule has 1 atom stereocenters. The number of nitrogens with one attached hydrogen (secondary N) is 1. The maximum Gasteiger partial charge on any atom is 0.418 e. The van der Waals surface area contributed by atoms with Gasteiger partial charge in [-0.05, 0) is 49.6 Å². The second kappa shape index (κ2) is 8.31. The van der Waals surface area contributed by atoms with Gasteiger partial charge < -0.3 is 5.32 Å². The molecule has 1 N–H and O–H groups in total. The number of carbonyl (C=O) groups excluding carboxylic acids is 1. The van der Waals surface area contributed by atoms with E-state index in [2.05, 4.69) is 5.32 Å². The lowest BCUT2D eigenvalue weighted by atomic mass is 10.0. The summed E-state index contributed by atoms with van der Waals surface area (Å²) >= 11 is 6.22. The third-order valence-electron chi connectivity index (χ3n) is 4.77. The van der Waals surface area contributed by atoms with Crippen LogP contribution in [0.2, 0.25) is 5.02 Å². The Morgan fingerprint density at radius 2 is 1.85 bits per heavy atom. The van der Waals surface area contributed by atoms with Gasteiger partial charge in [-0.25, -0.2) is 0 Å². The first kappa shape index (κ1) is 19.7. The smallest absolute Gasteiger partial charge is 0.324 e. The summed E-state index contributed by atoms with van der Waals surface area (Å²) in [6.45, 7) is 0.796. The summed E-state index contributed by atoms with van der Waals surface area (Å²) in [5.41, 5.74) is -0.0388. The molecule has 1 saturated heterocycles. The van der Waals surface area contributed by atoms with Gasteiger partial charge in [-0.15, -0.1) is 0 Å². The van der Waals surface area contributed by atoms with E-state index in [0.717, 1.165) is 31.0 Å². The number of likely N-dealkylation sites (tertiary alicyclic amines) is 1. The van der Waals surface area contributed by atoms with Crippen LogP contribution in [0.5, 0.6) is 0 Å². The second-order valence-electron chi connectivity index (χ2n) is 6.65. The fourth-order valence-electron chi connectivity index (χ4n) is 3.47.